The van der Waals surface area contributed by atoms with Crippen molar-refractivity contribution >= 4 is 17.5 Å². The van der Waals surface area contributed by atoms with E-state index in [9.17, 15) is 4.39 Å². The molecule has 3 aromatic rings. The van der Waals surface area contributed by atoms with E-state index in [-0.39, 0.29) is 12.6 Å². The molecule has 0 amide bonds. The molecule has 0 aliphatic carbocycles. The summed E-state index contributed by atoms with van der Waals surface area (Å²) in [6, 6.07) is 13.9. The highest BCUT2D eigenvalue weighted by molar-refractivity contribution is 5.62. The summed E-state index contributed by atoms with van der Waals surface area (Å²) in [5.41, 5.74) is 1.90. The second-order valence-corrected chi connectivity index (χ2v) is 5.76. The minimum Gasteiger partial charge on any atom is -0.454 e. The summed E-state index contributed by atoms with van der Waals surface area (Å²) >= 11 is 0. The maximum atomic E-state index is 12.9. The number of halogens is 1. The first-order valence-electron chi connectivity index (χ1n) is 8.24. The fourth-order valence-corrected chi connectivity index (χ4v) is 2.61. The third-order valence-corrected chi connectivity index (χ3v) is 3.91. The third-order valence-electron chi connectivity index (χ3n) is 3.91. The Labute approximate surface area is 150 Å². The summed E-state index contributed by atoms with van der Waals surface area (Å²) in [7, 11) is 0. The normalized spacial score (nSPS) is 12.0. The lowest BCUT2D eigenvalue weighted by Crippen LogP contribution is -2.08. The first kappa shape index (κ1) is 16.1. The summed E-state index contributed by atoms with van der Waals surface area (Å²) < 4.78 is 23.6. The van der Waals surface area contributed by atoms with Gasteiger partial charge in [-0.1, -0.05) is 12.1 Å². The molecule has 6 nitrogen and oxygen atoms in total. The maximum absolute atomic E-state index is 12.9. The first-order valence-corrected chi connectivity index (χ1v) is 8.24. The maximum Gasteiger partial charge on any atom is 0.231 e. The monoisotopic (exact) mass is 352 g/mol. The lowest BCUT2D eigenvalue weighted by atomic mass is 10.1. The van der Waals surface area contributed by atoms with Crippen molar-refractivity contribution < 1.29 is 13.9 Å². The van der Waals surface area contributed by atoms with Gasteiger partial charge in [-0.2, -0.15) is 4.98 Å². The van der Waals surface area contributed by atoms with Crippen molar-refractivity contribution in [3.05, 3.63) is 66.1 Å². The van der Waals surface area contributed by atoms with Gasteiger partial charge in [-0.25, -0.2) is 9.37 Å². The van der Waals surface area contributed by atoms with Crippen LogP contribution in [0.3, 0.4) is 0 Å². The molecule has 0 radical (unpaired) electrons. The van der Waals surface area contributed by atoms with Crippen molar-refractivity contribution in [2.24, 2.45) is 0 Å². The topological polar surface area (TPSA) is 68.3 Å². The van der Waals surface area contributed by atoms with Gasteiger partial charge in [0, 0.05) is 24.5 Å². The van der Waals surface area contributed by atoms with Crippen LogP contribution in [-0.2, 0) is 6.42 Å². The second kappa shape index (κ2) is 7.26. The number of anilines is 3. The van der Waals surface area contributed by atoms with Gasteiger partial charge in [0.25, 0.3) is 0 Å². The number of benzene rings is 2. The summed E-state index contributed by atoms with van der Waals surface area (Å²) in [5.74, 6) is 2.41. The Morgan fingerprint density at radius 3 is 2.73 bits per heavy atom. The van der Waals surface area contributed by atoms with Crippen molar-refractivity contribution in [3.8, 4) is 11.5 Å². The van der Waals surface area contributed by atoms with Gasteiger partial charge in [-0.15, -0.1) is 0 Å². The zero-order valence-electron chi connectivity index (χ0n) is 13.9. The summed E-state index contributed by atoms with van der Waals surface area (Å²) in [6.07, 6.45) is 2.44. The largest absolute Gasteiger partial charge is 0.454 e. The molecule has 1 aromatic heterocycles. The highest BCUT2D eigenvalue weighted by Gasteiger charge is 2.13. The lowest BCUT2D eigenvalue weighted by Gasteiger charge is -2.09. The van der Waals surface area contributed by atoms with Crippen LogP contribution in [0.1, 0.15) is 5.56 Å². The minimum atomic E-state index is -0.229. The van der Waals surface area contributed by atoms with Crippen LogP contribution in [0.2, 0.25) is 0 Å². The fraction of sp³-hybridized carbons (Fsp3) is 0.158. The van der Waals surface area contributed by atoms with Crippen LogP contribution < -0.4 is 20.1 Å². The van der Waals surface area contributed by atoms with E-state index >= 15 is 0 Å². The van der Waals surface area contributed by atoms with Crippen LogP contribution in [0.4, 0.5) is 21.8 Å². The van der Waals surface area contributed by atoms with Crippen LogP contribution in [0.5, 0.6) is 11.5 Å². The zero-order valence-corrected chi connectivity index (χ0v) is 13.9. The Balaban J connectivity index is 1.36. The smallest absolute Gasteiger partial charge is 0.231 e. The molecule has 1 aliphatic heterocycles. The standard InChI is InChI=1S/C19H17FN4O2/c20-14-3-1-13(2-4-14)7-9-21-19-22-10-8-18(24-19)23-15-5-6-16-17(11-15)26-12-25-16/h1-6,8,10-11H,7,9,12H2,(H2,21,22,23,24). The predicted octanol–water partition coefficient (Wildman–Crippen LogP) is 3.74. The second-order valence-electron chi connectivity index (χ2n) is 5.76. The molecular weight excluding hydrogens is 335 g/mol. The van der Waals surface area contributed by atoms with Crippen molar-refractivity contribution in [2.45, 2.75) is 6.42 Å². The quantitative estimate of drug-likeness (QED) is 0.704. The molecular formula is C19H17FN4O2. The van der Waals surface area contributed by atoms with Gasteiger partial charge in [-0.3, -0.25) is 0 Å². The van der Waals surface area contributed by atoms with E-state index in [1.54, 1.807) is 24.4 Å². The number of ether oxygens (including phenoxy) is 2. The zero-order chi connectivity index (χ0) is 17.8. The number of hydrogen-bond acceptors (Lipinski definition) is 6. The molecule has 0 spiro atoms. The molecule has 0 saturated heterocycles. The van der Waals surface area contributed by atoms with E-state index in [1.807, 2.05) is 18.2 Å². The van der Waals surface area contributed by atoms with Crippen LogP contribution in [-0.4, -0.2) is 23.3 Å². The molecule has 4 rings (SSSR count). The fourth-order valence-electron chi connectivity index (χ4n) is 2.61. The average molecular weight is 352 g/mol. The SMILES string of the molecule is Fc1ccc(CCNc2nccc(Nc3ccc4c(c3)OCO4)n2)cc1. The van der Waals surface area contributed by atoms with Crippen LogP contribution >= 0.6 is 0 Å². The summed E-state index contributed by atoms with van der Waals surface area (Å²) in [5, 5.41) is 6.39. The Morgan fingerprint density at radius 2 is 1.85 bits per heavy atom. The van der Waals surface area contributed by atoms with Gasteiger partial charge in [0.1, 0.15) is 11.6 Å². The average Bonchev–Trinajstić information content (AvgIpc) is 3.12. The number of fused-ring (bicyclic) bond motifs is 1. The van der Waals surface area contributed by atoms with E-state index < -0.39 is 0 Å². The predicted molar refractivity (Wildman–Crippen MR) is 96.5 cm³/mol. The number of nitrogens with zero attached hydrogens (tertiary/aromatic N) is 2. The van der Waals surface area contributed by atoms with Crippen molar-refractivity contribution in [1.29, 1.82) is 0 Å². The minimum absolute atomic E-state index is 0.229. The molecule has 0 bridgehead atoms. The molecule has 0 fully saturated rings. The van der Waals surface area contributed by atoms with E-state index in [2.05, 4.69) is 20.6 Å². The molecule has 2 N–H and O–H groups in total. The number of rotatable bonds is 6. The summed E-state index contributed by atoms with van der Waals surface area (Å²) in [6.45, 7) is 0.896. The molecule has 2 aromatic carbocycles. The van der Waals surface area contributed by atoms with Crippen molar-refractivity contribution in [1.82, 2.24) is 9.97 Å². The van der Waals surface area contributed by atoms with Gasteiger partial charge < -0.3 is 20.1 Å². The molecule has 7 heteroatoms. The number of nitrogens with one attached hydrogen (secondary N) is 2. The number of hydrogen-bond donors (Lipinski definition) is 2. The van der Waals surface area contributed by atoms with Gasteiger partial charge in [0.15, 0.2) is 11.5 Å². The van der Waals surface area contributed by atoms with Crippen molar-refractivity contribution in [3.63, 3.8) is 0 Å². The molecule has 132 valence electrons. The first-order chi connectivity index (χ1) is 12.8. The van der Waals surface area contributed by atoms with Crippen molar-refractivity contribution in [2.75, 3.05) is 24.0 Å². The lowest BCUT2D eigenvalue weighted by molar-refractivity contribution is 0.174. The molecule has 0 atom stereocenters. The van der Waals surface area contributed by atoms with Gasteiger partial charge in [0.05, 0.1) is 0 Å². The van der Waals surface area contributed by atoms with Gasteiger partial charge in [-0.05, 0) is 42.3 Å². The molecule has 0 saturated carbocycles. The Bertz CT molecular complexity index is 902. The molecule has 26 heavy (non-hydrogen) atoms. The van der Waals surface area contributed by atoms with E-state index in [4.69, 9.17) is 9.47 Å². The Kier molecular flexibility index (Phi) is 4.51. The summed E-state index contributed by atoms with van der Waals surface area (Å²) in [4.78, 5) is 8.66. The van der Waals surface area contributed by atoms with Gasteiger partial charge in [0.2, 0.25) is 12.7 Å². The van der Waals surface area contributed by atoms with Crippen LogP contribution in [0.15, 0.2) is 54.7 Å². The van der Waals surface area contributed by atoms with E-state index in [1.165, 1.54) is 12.1 Å². The van der Waals surface area contributed by atoms with Crippen LogP contribution in [0, 0.1) is 5.82 Å². The highest BCUT2D eigenvalue weighted by atomic mass is 19.1. The Morgan fingerprint density at radius 1 is 1.00 bits per heavy atom. The molecule has 0 unspecified atom stereocenters. The Hall–Kier alpha value is -3.35. The van der Waals surface area contributed by atoms with E-state index in [0.717, 1.165) is 23.4 Å². The number of aromatic nitrogens is 2. The van der Waals surface area contributed by atoms with Crippen LogP contribution in [0.25, 0.3) is 0 Å². The third kappa shape index (κ3) is 3.83. The highest BCUT2D eigenvalue weighted by Crippen LogP contribution is 2.34. The molecule has 1 aliphatic rings. The van der Waals surface area contributed by atoms with Gasteiger partial charge >= 0.3 is 0 Å². The van der Waals surface area contributed by atoms with E-state index in [0.29, 0.717) is 24.1 Å². The molecule has 2 heterocycles.